The number of hydrogen-bond acceptors (Lipinski definition) is 0. The number of rotatable bonds is 7. The van der Waals surface area contributed by atoms with Gasteiger partial charge in [-0.25, -0.2) is 0 Å². The van der Waals surface area contributed by atoms with Crippen molar-refractivity contribution in [3.8, 4) is 0 Å². The summed E-state index contributed by atoms with van der Waals surface area (Å²) in [4.78, 5) is 0. The van der Waals surface area contributed by atoms with Crippen LogP contribution in [0.25, 0.3) is 0 Å². The maximum absolute atomic E-state index is 5.17. The molecule has 0 spiro atoms. The summed E-state index contributed by atoms with van der Waals surface area (Å²) in [6, 6.07) is 0. The van der Waals surface area contributed by atoms with E-state index in [1.165, 1.54) is 13.1 Å². The van der Waals surface area contributed by atoms with E-state index in [1.807, 2.05) is 53.5 Å². The number of hydrogen-bond donors (Lipinski definition) is 0. The molecule has 0 rings (SSSR count). The molecule has 0 atom stereocenters. The van der Waals surface area contributed by atoms with Crippen molar-refractivity contribution >= 4 is 88.2 Å². The Kier molecular flexibility index (Phi) is 16.7. The minimum absolute atomic E-state index is 1.15. The van der Waals surface area contributed by atoms with Gasteiger partial charge in [0.05, 0.1) is 0 Å². The fraction of sp³-hybridized carbons (Fsp3) is 1.00. The molecule has 0 aromatic carbocycles. The predicted octanol–water partition coefficient (Wildman–Crippen LogP) is -3.59. The quantitative estimate of drug-likeness (QED) is 0.358. The van der Waals surface area contributed by atoms with Gasteiger partial charge in [-0.1, -0.05) is 0 Å². The van der Waals surface area contributed by atoms with Gasteiger partial charge in [0.1, 0.15) is 0 Å². The monoisotopic (exact) mass is 186 g/mol. The third-order valence-electron chi connectivity index (χ3n) is 1.70. The third kappa shape index (κ3) is 14.8. The summed E-state index contributed by atoms with van der Waals surface area (Å²) in [7, 11) is 5.17. The van der Waals surface area contributed by atoms with Gasteiger partial charge in [0.25, 0.3) is 0 Å². The van der Waals surface area contributed by atoms with Crippen LogP contribution in [0, 0.1) is 0 Å². The second-order valence-electron chi connectivity index (χ2n) is 3.14. The van der Waals surface area contributed by atoms with E-state index in [9.17, 15) is 0 Å². The second kappa shape index (κ2) is 15.8. The molecule has 0 aliphatic rings. The van der Waals surface area contributed by atoms with Gasteiger partial charge < -0.3 is 0 Å². The summed E-state index contributed by atoms with van der Waals surface area (Å²) in [5.41, 5.74) is 0. The molecule has 0 saturated heterocycles. The Morgan fingerprint density at radius 3 is 1.56 bits per heavy atom. The summed E-state index contributed by atoms with van der Waals surface area (Å²) in [5, 5.41) is 0. The molecule has 0 aromatic heterocycles. The van der Waals surface area contributed by atoms with Crippen molar-refractivity contribution in [3.63, 3.8) is 0 Å². The van der Waals surface area contributed by atoms with Crippen LogP contribution in [0.5, 0.6) is 0 Å². The van der Waals surface area contributed by atoms with Crippen LogP contribution in [-0.2, 0) is 0 Å². The standard InChI is InChI=1S/C3H7B13/c1-2-3-5-7-9-11-13-15-16-14-12-10-8-6-4/h2-3H2,1H3. The molecule has 0 fully saturated rings. The van der Waals surface area contributed by atoms with E-state index >= 15 is 0 Å². The molecular formula is C3H7B13. The molecule has 0 heterocycles. The van der Waals surface area contributed by atoms with Gasteiger partial charge in [0.15, 0.2) is 0 Å². The van der Waals surface area contributed by atoms with Crippen LogP contribution in [0.15, 0.2) is 0 Å². The summed E-state index contributed by atoms with van der Waals surface area (Å²) in [6.07, 6.45) is 2.35. The Bertz CT molecular complexity index is 307. The first-order valence-electron chi connectivity index (χ1n) is 5.62. The zero-order valence-corrected chi connectivity index (χ0v) is 9.92. The van der Waals surface area contributed by atoms with Crippen LogP contribution in [0.4, 0.5) is 0 Å². The molecule has 0 nitrogen and oxygen atoms in total. The maximum atomic E-state index is 5.17. The molecule has 13 heteroatoms. The predicted molar refractivity (Wildman–Crippen MR) is 89.9 cm³/mol. The Labute approximate surface area is 108 Å². The molecule has 0 bridgehead atoms. The average Bonchev–Trinajstić information content (AvgIpc) is 2.31. The molecule has 0 aliphatic heterocycles. The summed E-state index contributed by atoms with van der Waals surface area (Å²) in [5.74, 6) is 0. The molecule has 0 amide bonds. The Hall–Kier alpha value is 0.844. The fourth-order valence-electron chi connectivity index (χ4n) is 0.919. The first-order valence-corrected chi connectivity index (χ1v) is 5.62. The van der Waals surface area contributed by atoms with Gasteiger partial charge >= 0.3 is 108 Å². The van der Waals surface area contributed by atoms with Gasteiger partial charge in [0.2, 0.25) is 0 Å². The van der Waals surface area contributed by atoms with Crippen LogP contribution >= 0.6 is 0 Å². The second-order valence-corrected chi connectivity index (χ2v) is 3.14. The van der Waals surface area contributed by atoms with Crippen molar-refractivity contribution in [1.29, 1.82) is 0 Å². The van der Waals surface area contributed by atoms with E-state index < -0.39 is 0 Å². The van der Waals surface area contributed by atoms with E-state index in [2.05, 4.69) is 20.4 Å². The van der Waals surface area contributed by atoms with Crippen LogP contribution in [-0.4, -0.2) is 88.2 Å². The van der Waals surface area contributed by atoms with Crippen LogP contribution in [0.1, 0.15) is 13.3 Å². The first-order chi connectivity index (χ1) is 7.91. The molecule has 58 valence electrons. The topological polar surface area (TPSA) is 0 Å². The third-order valence-corrected chi connectivity index (χ3v) is 1.70. The normalized spacial score (nSPS) is 7.81. The zero-order chi connectivity index (χ0) is 11.9. The van der Waals surface area contributed by atoms with Crippen LogP contribution in [0.2, 0.25) is 6.32 Å². The first kappa shape index (κ1) is 16.8. The van der Waals surface area contributed by atoms with Crippen molar-refractivity contribution in [3.05, 3.63) is 0 Å². The fourth-order valence-corrected chi connectivity index (χ4v) is 0.919. The van der Waals surface area contributed by atoms with Crippen molar-refractivity contribution in [2.75, 3.05) is 0 Å². The molecule has 0 aromatic rings. The Morgan fingerprint density at radius 1 is 0.688 bits per heavy atom. The molecule has 2 radical (unpaired) electrons. The molecule has 0 aliphatic carbocycles. The Balaban J connectivity index is 3.68. The van der Waals surface area contributed by atoms with Gasteiger partial charge in [-0.2, -0.15) is 0 Å². The van der Waals surface area contributed by atoms with Gasteiger partial charge in [-0.15, -0.1) is 0 Å². The van der Waals surface area contributed by atoms with Gasteiger partial charge in [-0.05, 0) is 0 Å². The SMILES string of the molecule is [B]B=BB=BB=BB=BB=BB=BCCC. The van der Waals surface area contributed by atoms with Crippen molar-refractivity contribution in [1.82, 2.24) is 0 Å². The van der Waals surface area contributed by atoms with Crippen LogP contribution < -0.4 is 0 Å². The minimum atomic E-state index is 1.15. The molecule has 0 N–H and O–H groups in total. The van der Waals surface area contributed by atoms with E-state index in [0.717, 1.165) is 6.32 Å². The zero-order valence-electron chi connectivity index (χ0n) is 9.92. The average molecular weight is 184 g/mol. The molecule has 0 unspecified atom stereocenters. The van der Waals surface area contributed by atoms with Crippen molar-refractivity contribution < 1.29 is 0 Å². The Morgan fingerprint density at radius 2 is 1.12 bits per heavy atom. The van der Waals surface area contributed by atoms with Gasteiger partial charge in [0, 0.05) is 0 Å². The molecule has 0 saturated carbocycles. The van der Waals surface area contributed by atoms with E-state index in [-0.39, 0.29) is 0 Å². The van der Waals surface area contributed by atoms with E-state index in [1.54, 1.807) is 6.69 Å². The summed E-state index contributed by atoms with van der Waals surface area (Å²) < 4.78 is 0. The van der Waals surface area contributed by atoms with Crippen molar-refractivity contribution in [2.45, 2.75) is 19.7 Å². The van der Waals surface area contributed by atoms with Crippen molar-refractivity contribution in [2.24, 2.45) is 0 Å². The summed E-state index contributed by atoms with van der Waals surface area (Å²) >= 11 is 0. The van der Waals surface area contributed by atoms with E-state index in [4.69, 9.17) is 7.74 Å². The van der Waals surface area contributed by atoms with E-state index in [0.29, 0.717) is 0 Å². The van der Waals surface area contributed by atoms with Crippen LogP contribution in [0.3, 0.4) is 0 Å². The summed E-state index contributed by atoms with van der Waals surface area (Å²) in [6.45, 7) is 25.5. The molecule has 16 heavy (non-hydrogen) atoms. The van der Waals surface area contributed by atoms with Gasteiger partial charge in [-0.3, -0.25) is 0 Å². The molecular weight excluding hydrogens is 177 g/mol.